The first-order valence-electron chi connectivity index (χ1n) is 4.49. The number of hydrogen-bond acceptors (Lipinski definition) is 1. The van der Waals surface area contributed by atoms with Gasteiger partial charge in [-0.25, -0.2) is 0 Å². The first-order chi connectivity index (χ1) is 7.02. The molecular weight excluding hydrogens is 277 g/mol. The molecule has 0 aliphatic carbocycles. The van der Waals surface area contributed by atoms with E-state index in [1.54, 1.807) is 12.1 Å². The van der Waals surface area contributed by atoms with Crippen LogP contribution in [0.15, 0.2) is 21.4 Å². The van der Waals surface area contributed by atoms with Gasteiger partial charge in [0.25, 0.3) is 0 Å². The summed E-state index contributed by atoms with van der Waals surface area (Å²) in [4.78, 5) is 15.1. The van der Waals surface area contributed by atoms with Crippen LogP contribution in [0.3, 0.4) is 0 Å². The average Bonchev–Trinajstić information content (AvgIpc) is 2.21. The van der Waals surface area contributed by atoms with Crippen LogP contribution in [0.2, 0.25) is 5.02 Å². The molecule has 1 aromatic carbocycles. The molecule has 0 bridgehead atoms. The third-order valence-electron chi connectivity index (χ3n) is 2.48. The molecule has 78 valence electrons. The molecule has 0 radical (unpaired) electrons. The van der Waals surface area contributed by atoms with E-state index < -0.39 is 0 Å². The van der Waals surface area contributed by atoms with E-state index in [-0.39, 0.29) is 5.43 Å². The smallest absolute Gasteiger partial charge is 0.203 e. The second-order valence-corrected chi connectivity index (χ2v) is 4.69. The molecule has 0 atom stereocenters. The van der Waals surface area contributed by atoms with E-state index in [4.69, 9.17) is 11.6 Å². The highest BCUT2D eigenvalue weighted by molar-refractivity contribution is 9.10. The van der Waals surface area contributed by atoms with Gasteiger partial charge in [0.1, 0.15) is 0 Å². The second-order valence-electron chi connectivity index (χ2n) is 3.49. The summed E-state index contributed by atoms with van der Waals surface area (Å²) >= 11 is 9.26. The number of aromatic amines is 1. The molecule has 0 saturated heterocycles. The number of nitrogens with one attached hydrogen (secondary N) is 1. The van der Waals surface area contributed by atoms with Crippen molar-refractivity contribution in [2.45, 2.75) is 13.8 Å². The summed E-state index contributed by atoms with van der Waals surface area (Å²) in [5.74, 6) is 0. The SMILES string of the molecule is Cc1[nH]c2c(C)c(Cl)ccc2c(=O)c1Br. The Balaban J connectivity index is 3.06. The molecule has 0 spiro atoms. The minimum absolute atomic E-state index is 0.000941. The Morgan fingerprint density at radius 3 is 2.67 bits per heavy atom. The fourth-order valence-electron chi connectivity index (χ4n) is 1.57. The second kappa shape index (κ2) is 3.65. The number of pyridine rings is 1. The van der Waals surface area contributed by atoms with Crippen molar-refractivity contribution in [3.63, 3.8) is 0 Å². The van der Waals surface area contributed by atoms with Gasteiger partial charge in [0.15, 0.2) is 0 Å². The summed E-state index contributed by atoms with van der Waals surface area (Å²) in [6.45, 7) is 3.75. The van der Waals surface area contributed by atoms with Gasteiger partial charge in [-0.05, 0) is 47.5 Å². The normalized spacial score (nSPS) is 10.9. The lowest BCUT2D eigenvalue weighted by molar-refractivity contribution is 1.20. The van der Waals surface area contributed by atoms with Crippen LogP contribution in [0.25, 0.3) is 10.9 Å². The molecule has 1 N–H and O–H groups in total. The fraction of sp³-hybridized carbons (Fsp3) is 0.182. The number of rotatable bonds is 0. The summed E-state index contributed by atoms with van der Waals surface area (Å²) in [5.41, 5.74) is 2.54. The number of aromatic nitrogens is 1. The van der Waals surface area contributed by atoms with Gasteiger partial charge in [-0.3, -0.25) is 4.79 Å². The van der Waals surface area contributed by atoms with Crippen molar-refractivity contribution >= 4 is 38.4 Å². The molecule has 1 aromatic heterocycles. The highest BCUT2D eigenvalue weighted by Gasteiger charge is 2.09. The Labute approximate surface area is 100 Å². The zero-order valence-corrected chi connectivity index (χ0v) is 10.7. The van der Waals surface area contributed by atoms with Crippen LogP contribution >= 0.6 is 27.5 Å². The van der Waals surface area contributed by atoms with Gasteiger partial charge in [-0.1, -0.05) is 11.6 Å². The van der Waals surface area contributed by atoms with Gasteiger partial charge in [0, 0.05) is 16.1 Å². The van der Waals surface area contributed by atoms with Crippen molar-refractivity contribution in [2.75, 3.05) is 0 Å². The molecule has 2 rings (SSSR count). The highest BCUT2D eigenvalue weighted by atomic mass is 79.9. The van der Waals surface area contributed by atoms with Crippen LogP contribution in [-0.4, -0.2) is 4.98 Å². The van der Waals surface area contributed by atoms with E-state index in [9.17, 15) is 4.79 Å². The molecule has 0 aliphatic rings. The van der Waals surface area contributed by atoms with Crippen molar-refractivity contribution in [1.82, 2.24) is 4.98 Å². The van der Waals surface area contributed by atoms with Gasteiger partial charge in [0.05, 0.1) is 9.99 Å². The Morgan fingerprint density at radius 2 is 2.00 bits per heavy atom. The van der Waals surface area contributed by atoms with Gasteiger partial charge in [-0.2, -0.15) is 0 Å². The van der Waals surface area contributed by atoms with Crippen LogP contribution in [0.1, 0.15) is 11.3 Å². The maximum Gasteiger partial charge on any atom is 0.203 e. The van der Waals surface area contributed by atoms with Crippen molar-refractivity contribution in [2.24, 2.45) is 0 Å². The maximum absolute atomic E-state index is 11.9. The number of aryl methyl sites for hydroxylation is 2. The molecular formula is C11H9BrClNO. The van der Waals surface area contributed by atoms with E-state index in [1.165, 1.54) is 0 Å². The van der Waals surface area contributed by atoms with E-state index >= 15 is 0 Å². The zero-order valence-electron chi connectivity index (χ0n) is 8.32. The summed E-state index contributed by atoms with van der Waals surface area (Å²) in [5, 5.41) is 1.33. The lowest BCUT2D eigenvalue weighted by Crippen LogP contribution is -2.07. The Bertz CT molecular complexity index is 604. The molecule has 4 heteroatoms. The third kappa shape index (κ3) is 1.60. The summed E-state index contributed by atoms with van der Waals surface area (Å²) in [7, 11) is 0. The largest absolute Gasteiger partial charge is 0.357 e. The number of benzene rings is 1. The quantitative estimate of drug-likeness (QED) is 0.789. The van der Waals surface area contributed by atoms with E-state index in [1.807, 2.05) is 13.8 Å². The van der Waals surface area contributed by atoms with Crippen molar-refractivity contribution in [3.05, 3.63) is 43.1 Å². The molecule has 2 aromatic rings. The predicted molar refractivity (Wildman–Crippen MR) is 66.8 cm³/mol. The summed E-state index contributed by atoms with van der Waals surface area (Å²) < 4.78 is 0.580. The average molecular weight is 287 g/mol. The molecule has 15 heavy (non-hydrogen) atoms. The van der Waals surface area contributed by atoms with Crippen LogP contribution in [-0.2, 0) is 0 Å². The van der Waals surface area contributed by atoms with Crippen LogP contribution in [0.5, 0.6) is 0 Å². The molecule has 0 saturated carbocycles. The number of hydrogen-bond donors (Lipinski definition) is 1. The molecule has 0 aliphatic heterocycles. The topological polar surface area (TPSA) is 32.9 Å². The fourth-order valence-corrected chi connectivity index (χ4v) is 2.04. The van der Waals surface area contributed by atoms with Crippen LogP contribution in [0, 0.1) is 13.8 Å². The maximum atomic E-state index is 11.9. The van der Waals surface area contributed by atoms with Gasteiger partial charge in [-0.15, -0.1) is 0 Å². The number of fused-ring (bicyclic) bond motifs is 1. The summed E-state index contributed by atoms with van der Waals surface area (Å²) in [6, 6.07) is 3.49. The first-order valence-corrected chi connectivity index (χ1v) is 5.66. The first kappa shape index (κ1) is 10.7. The summed E-state index contributed by atoms with van der Waals surface area (Å²) in [6.07, 6.45) is 0. The van der Waals surface area contributed by atoms with E-state index in [0.29, 0.717) is 14.9 Å². The molecule has 1 heterocycles. The lowest BCUT2D eigenvalue weighted by Gasteiger charge is -2.06. The molecule has 2 nitrogen and oxygen atoms in total. The molecule has 0 unspecified atom stereocenters. The minimum Gasteiger partial charge on any atom is -0.357 e. The van der Waals surface area contributed by atoms with Crippen molar-refractivity contribution in [3.8, 4) is 0 Å². The van der Waals surface area contributed by atoms with Gasteiger partial charge >= 0.3 is 0 Å². The highest BCUT2D eigenvalue weighted by Crippen LogP contribution is 2.24. The minimum atomic E-state index is 0.000941. The van der Waals surface area contributed by atoms with Gasteiger partial charge < -0.3 is 4.98 Å². The standard InChI is InChI=1S/C11H9BrClNO/c1-5-8(13)4-3-7-10(5)14-6(2)9(12)11(7)15/h3-4H,1-2H3,(H,14,15). The Morgan fingerprint density at radius 1 is 1.33 bits per heavy atom. The van der Waals surface area contributed by atoms with Crippen LogP contribution in [0.4, 0.5) is 0 Å². The number of halogens is 2. The third-order valence-corrected chi connectivity index (χ3v) is 3.85. The van der Waals surface area contributed by atoms with E-state index in [0.717, 1.165) is 16.8 Å². The zero-order chi connectivity index (χ0) is 11.2. The van der Waals surface area contributed by atoms with E-state index in [2.05, 4.69) is 20.9 Å². The van der Waals surface area contributed by atoms with Crippen molar-refractivity contribution < 1.29 is 0 Å². The predicted octanol–water partition coefficient (Wildman–Crippen LogP) is 3.56. The molecule has 0 fully saturated rings. The Kier molecular flexibility index (Phi) is 2.61. The molecule has 0 amide bonds. The monoisotopic (exact) mass is 285 g/mol. The number of H-pyrrole nitrogens is 1. The lowest BCUT2D eigenvalue weighted by atomic mass is 10.1. The Hall–Kier alpha value is -0.800. The van der Waals surface area contributed by atoms with Gasteiger partial charge in [0.2, 0.25) is 5.43 Å². The van der Waals surface area contributed by atoms with Crippen LogP contribution < -0.4 is 5.43 Å². The van der Waals surface area contributed by atoms with Crippen molar-refractivity contribution in [1.29, 1.82) is 0 Å².